The predicted octanol–water partition coefficient (Wildman–Crippen LogP) is 3.23. The van der Waals surface area contributed by atoms with Crippen LogP contribution in [-0.2, 0) is 24.1 Å². The number of nitrogens with zero attached hydrogens (tertiary/aromatic N) is 6. The lowest BCUT2D eigenvalue weighted by molar-refractivity contribution is -0.117. The first-order chi connectivity index (χ1) is 16.1. The zero-order chi connectivity index (χ0) is 22.8. The average molecular weight is 441 g/mol. The Morgan fingerprint density at radius 2 is 1.97 bits per heavy atom. The van der Waals surface area contributed by atoms with Crippen molar-refractivity contribution in [2.45, 2.75) is 25.7 Å². The highest BCUT2D eigenvalue weighted by molar-refractivity contribution is 5.86. The molecule has 0 saturated carbocycles. The van der Waals surface area contributed by atoms with Crippen molar-refractivity contribution in [1.82, 2.24) is 24.9 Å². The molecule has 0 unspecified atom stereocenters. The van der Waals surface area contributed by atoms with Crippen LogP contribution in [0, 0.1) is 0 Å². The molecule has 1 aliphatic carbocycles. The van der Waals surface area contributed by atoms with Gasteiger partial charge in [0.1, 0.15) is 11.5 Å². The number of Topliss-reactive ketones (excluding diaryl/α,β-unsaturated/α-hetero) is 1. The number of methoxy groups -OCH3 is 1. The van der Waals surface area contributed by atoms with Crippen LogP contribution in [-0.4, -0.2) is 51.4 Å². The minimum absolute atomic E-state index is 0.0905. The van der Waals surface area contributed by atoms with E-state index in [-0.39, 0.29) is 12.3 Å². The van der Waals surface area contributed by atoms with Crippen LogP contribution < -0.4 is 9.64 Å². The Morgan fingerprint density at radius 3 is 2.79 bits per heavy atom. The molecule has 8 heteroatoms. The van der Waals surface area contributed by atoms with Gasteiger partial charge in [-0.05, 0) is 42.3 Å². The number of aryl methyl sites for hydroxylation is 1. The Hall–Kier alpha value is -3.94. The normalized spacial score (nSPS) is 12.5. The number of carbonyl (C=O) groups is 1. The molecule has 0 amide bonds. The zero-order valence-electron chi connectivity index (χ0n) is 18.7. The van der Waals surface area contributed by atoms with Gasteiger partial charge in [0.05, 0.1) is 13.7 Å². The van der Waals surface area contributed by atoms with Gasteiger partial charge in [0.15, 0.2) is 11.6 Å². The molecule has 8 nitrogen and oxygen atoms in total. The largest absolute Gasteiger partial charge is 0.481 e. The number of ether oxygens (including phenoxy) is 1. The van der Waals surface area contributed by atoms with E-state index >= 15 is 0 Å². The van der Waals surface area contributed by atoms with Gasteiger partial charge in [0.2, 0.25) is 5.88 Å². The summed E-state index contributed by atoms with van der Waals surface area (Å²) in [6, 6.07) is 7.57. The van der Waals surface area contributed by atoms with Gasteiger partial charge in [0, 0.05) is 61.0 Å². The number of carbonyl (C=O) groups excluding carboxylic acids is 1. The molecule has 4 aromatic rings. The van der Waals surface area contributed by atoms with Crippen LogP contribution in [0.1, 0.15) is 23.2 Å². The minimum atomic E-state index is 0.0905. The molecule has 0 N–H and O–H groups in total. The number of likely N-dealkylation sites (N-methyl/N-ethyl adjacent to an activating group) is 1. The van der Waals surface area contributed by atoms with Gasteiger partial charge in [-0.15, -0.1) is 0 Å². The van der Waals surface area contributed by atoms with Crippen LogP contribution in [0.5, 0.6) is 5.88 Å². The summed E-state index contributed by atoms with van der Waals surface area (Å²) in [7, 11) is 3.48. The lowest BCUT2D eigenvalue weighted by atomic mass is 10.1. The smallest absolute Gasteiger partial charge is 0.212 e. The van der Waals surface area contributed by atoms with Gasteiger partial charge < -0.3 is 9.64 Å². The highest BCUT2D eigenvalue weighted by atomic mass is 16.5. The molecular weight excluding hydrogens is 416 g/mol. The summed E-state index contributed by atoms with van der Waals surface area (Å²) in [5, 5.41) is 2.01. The van der Waals surface area contributed by atoms with Crippen molar-refractivity contribution < 1.29 is 9.53 Å². The third-order valence-corrected chi connectivity index (χ3v) is 5.85. The molecule has 0 spiro atoms. The standard InChI is InChI=1S/C25H24N6O2/c1-31(15-19(32)10-16-6-7-23(33-2)28-12-16)25-20-4-3-5-21(20)29-24(30-25)22-11-17-8-9-26-13-18(17)14-27-22/h6-9,11-14H,3-5,10,15H2,1-2H3. The summed E-state index contributed by atoms with van der Waals surface area (Å²) >= 11 is 0. The monoisotopic (exact) mass is 440 g/mol. The van der Waals surface area contributed by atoms with Crippen molar-refractivity contribution in [2.75, 3.05) is 25.6 Å². The summed E-state index contributed by atoms with van der Waals surface area (Å²) in [6.45, 7) is 0.256. The summed E-state index contributed by atoms with van der Waals surface area (Å²) < 4.78 is 5.08. The first-order valence-corrected chi connectivity index (χ1v) is 10.9. The quantitative estimate of drug-likeness (QED) is 0.432. The highest BCUT2D eigenvalue weighted by Crippen LogP contribution is 2.31. The molecule has 0 atom stereocenters. The Bertz CT molecular complexity index is 1320. The SMILES string of the molecule is COc1ccc(CC(=O)CN(C)c2nc(-c3cc4ccncc4cn3)nc3c2CCC3)cn1. The van der Waals surface area contributed by atoms with E-state index in [4.69, 9.17) is 14.7 Å². The van der Waals surface area contributed by atoms with E-state index in [1.165, 1.54) is 0 Å². The number of fused-ring (bicyclic) bond motifs is 2. The lowest BCUT2D eigenvalue weighted by Crippen LogP contribution is -2.28. The van der Waals surface area contributed by atoms with Crippen molar-refractivity contribution in [1.29, 1.82) is 0 Å². The Kier molecular flexibility index (Phi) is 5.64. The van der Waals surface area contributed by atoms with Crippen molar-refractivity contribution in [3.05, 3.63) is 65.9 Å². The number of rotatable bonds is 7. The molecule has 4 aromatic heterocycles. The van der Waals surface area contributed by atoms with Crippen molar-refractivity contribution in [3.63, 3.8) is 0 Å². The van der Waals surface area contributed by atoms with E-state index < -0.39 is 0 Å². The molecular formula is C25H24N6O2. The van der Waals surface area contributed by atoms with E-state index in [0.29, 0.717) is 23.8 Å². The molecule has 0 aliphatic heterocycles. The number of pyridine rings is 3. The van der Waals surface area contributed by atoms with Gasteiger partial charge in [0.25, 0.3) is 0 Å². The fraction of sp³-hybridized carbons (Fsp3) is 0.280. The van der Waals surface area contributed by atoms with Crippen LogP contribution in [0.4, 0.5) is 5.82 Å². The van der Waals surface area contributed by atoms with Crippen LogP contribution in [0.3, 0.4) is 0 Å². The predicted molar refractivity (Wildman–Crippen MR) is 125 cm³/mol. The molecule has 0 fully saturated rings. The third-order valence-electron chi connectivity index (χ3n) is 5.85. The molecule has 0 aromatic carbocycles. The maximum Gasteiger partial charge on any atom is 0.212 e. The van der Waals surface area contributed by atoms with Gasteiger partial charge in [-0.2, -0.15) is 0 Å². The van der Waals surface area contributed by atoms with E-state index in [2.05, 4.69) is 15.0 Å². The Morgan fingerprint density at radius 1 is 1.06 bits per heavy atom. The second-order valence-electron chi connectivity index (χ2n) is 8.22. The van der Waals surface area contributed by atoms with Gasteiger partial charge in [-0.25, -0.2) is 15.0 Å². The van der Waals surface area contributed by atoms with E-state index in [1.54, 1.807) is 38.0 Å². The summed E-state index contributed by atoms with van der Waals surface area (Å²) in [5.74, 6) is 2.02. The topological polar surface area (TPSA) is 94.0 Å². The van der Waals surface area contributed by atoms with Gasteiger partial charge in [-0.1, -0.05) is 6.07 Å². The molecule has 4 heterocycles. The molecule has 1 aliphatic rings. The molecule has 166 valence electrons. The number of hydrogen-bond donors (Lipinski definition) is 0. The maximum absolute atomic E-state index is 12.8. The molecule has 33 heavy (non-hydrogen) atoms. The fourth-order valence-electron chi connectivity index (χ4n) is 4.20. The molecule has 5 rings (SSSR count). The maximum atomic E-state index is 12.8. The summed E-state index contributed by atoms with van der Waals surface area (Å²) in [4.78, 5) is 37.3. The third kappa shape index (κ3) is 4.37. The van der Waals surface area contributed by atoms with Crippen molar-refractivity contribution in [3.8, 4) is 17.4 Å². The van der Waals surface area contributed by atoms with E-state index in [0.717, 1.165) is 52.7 Å². The molecule has 0 radical (unpaired) electrons. The summed E-state index contributed by atoms with van der Waals surface area (Å²) in [5.41, 5.74) is 3.75. The number of aromatic nitrogens is 5. The van der Waals surface area contributed by atoms with Crippen LogP contribution in [0.25, 0.3) is 22.3 Å². The Labute approximate surface area is 191 Å². The van der Waals surface area contributed by atoms with Gasteiger partial charge >= 0.3 is 0 Å². The van der Waals surface area contributed by atoms with E-state index in [1.807, 2.05) is 30.1 Å². The second kappa shape index (κ2) is 8.90. The summed E-state index contributed by atoms with van der Waals surface area (Å²) in [6.07, 6.45) is 10.2. The number of anilines is 1. The second-order valence-corrected chi connectivity index (χ2v) is 8.22. The van der Waals surface area contributed by atoms with Crippen LogP contribution >= 0.6 is 0 Å². The van der Waals surface area contributed by atoms with Crippen LogP contribution in [0.15, 0.2) is 49.1 Å². The number of ketones is 1. The van der Waals surface area contributed by atoms with Crippen molar-refractivity contribution in [2.24, 2.45) is 0 Å². The zero-order valence-corrected chi connectivity index (χ0v) is 18.7. The van der Waals surface area contributed by atoms with Crippen LogP contribution in [0.2, 0.25) is 0 Å². The van der Waals surface area contributed by atoms with Gasteiger partial charge in [-0.3, -0.25) is 14.8 Å². The number of hydrogen-bond acceptors (Lipinski definition) is 8. The van der Waals surface area contributed by atoms with Crippen molar-refractivity contribution >= 4 is 22.4 Å². The lowest BCUT2D eigenvalue weighted by Gasteiger charge is -2.21. The first-order valence-electron chi connectivity index (χ1n) is 10.9. The fourth-order valence-corrected chi connectivity index (χ4v) is 4.20. The molecule has 0 bridgehead atoms. The van der Waals surface area contributed by atoms with E-state index in [9.17, 15) is 4.79 Å². The highest BCUT2D eigenvalue weighted by Gasteiger charge is 2.23. The first kappa shape index (κ1) is 20.9. The Balaban J connectivity index is 1.40. The average Bonchev–Trinajstić information content (AvgIpc) is 3.32. The minimum Gasteiger partial charge on any atom is -0.481 e. The molecule has 0 saturated heterocycles.